The lowest BCUT2D eigenvalue weighted by Gasteiger charge is -2.07. The second-order valence-electron chi connectivity index (χ2n) is 4.22. The summed E-state index contributed by atoms with van der Waals surface area (Å²) in [6.45, 7) is 3.36. The summed E-state index contributed by atoms with van der Waals surface area (Å²) in [6.07, 6.45) is 0. The van der Waals surface area contributed by atoms with Gasteiger partial charge in [-0.1, -0.05) is 41.9 Å². The van der Waals surface area contributed by atoms with Gasteiger partial charge in [0.1, 0.15) is 14.9 Å². The van der Waals surface area contributed by atoms with Gasteiger partial charge in [0, 0.05) is 12.5 Å². The zero-order valence-electron chi connectivity index (χ0n) is 11.6. The molecule has 21 heavy (non-hydrogen) atoms. The minimum Gasteiger partial charge on any atom is -0.462 e. The molecule has 0 radical (unpaired) electrons. The molecule has 0 unspecified atom stereocenters. The Morgan fingerprint density at radius 3 is 2.52 bits per heavy atom. The number of ether oxygens (including phenoxy) is 1. The van der Waals surface area contributed by atoms with E-state index in [1.807, 2.05) is 30.3 Å². The van der Waals surface area contributed by atoms with Crippen LogP contribution in [0, 0.1) is 0 Å². The van der Waals surface area contributed by atoms with Gasteiger partial charge in [-0.25, -0.2) is 4.79 Å². The number of benzene rings is 1. The molecule has 1 aromatic carbocycles. The Hall–Kier alpha value is -1.85. The van der Waals surface area contributed by atoms with E-state index in [0.29, 0.717) is 20.5 Å². The highest BCUT2D eigenvalue weighted by molar-refractivity contribution is 7.21. The minimum atomic E-state index is -0.497. The fraction of sp³-hybridized carbons (Fsp3) is 0.200. The lowest BCUT2D eigenvalue weighted by molar-refractivity contribution is -0.114. The number of amides is 1. The van der Waals surface area contributed by atoms with E-state index >= 15 is 0 Å². The van der Waals surface area contributed by atoms with Crippen LogP contribution in [0.2, 0.25) is 4.34 Å². The average molecular weight is 324 g/mol. The van der Waals surface area contributed by atoms with Gasteiger partial charge in [-0.05, 0) is 12.5 Å². The number of carbonyl (C=O) groups excluding carboxylic acids is 2. The van der Waals surface area contributed by atoms with E-state index in [0.717, 1.165) is 16.9 Å². The number of thiophene rings is 1. The number of hydrogen-bond acceptors (Lipinski definition) is 4. The molecule has 0 bridgehead atoms. The zero-order valence-corrected chi connectivity index (χ0v) is 13.2. The Morgan fingerprint density at radius 1 is 1.29 bits per heavy atom. The molecule has 2 aromatic rings. The van der Waals surface area contributed by atoms with E-state index < -0.39 is 5.97 Å². The van der Waals surface area contributed by atoms with Crippen LogP contribution in [0.5, 0.6) is 0 Å². The standard InChI is InChI=1S/C15H14ClNO3S/c1-3-20-15(19)12-11(10-7-5-4-6-8-10)13(16)21-14(12)17-9(2)18/h4-8H,3H2,1-2H3,(H,17,18). The third-order valence-electron chi connectivity index (χ3n) is 2.70. The lowest BCUT2D eigenvalue weighted by Crippen LogP contribution is -2.11. The van der Waals surface area contributed by atoms with Crippen LogP contribution in [-0.2, 0) is 9.53 Å². The van der Waals surface area contributed by atoms with Gasteiger partial charge in [-0.2, -0.15) is 0 Å². The Balaban J connectivity index is 2.60. The number of esters is 1. The summed E-state index contributed by atoms with van der Waals surface area (Å²) in [5.74, 6) is -0.763. The number of nitrogens with one attached hydrogen (secondary N) is 1. The van der Waals surface area contributed by atoms with E-state index in [-0.39, 0.29) is 12.5 Å². The normalized spacial score (nSPS) is 10.2. The van der Waals surface area contributed by atoms with Crippen molar-refractivity contribution < 1.29 is 14.3 Å². The molecule has 0 spiro atoms. The Morgan fingerprint density at radius 2 is 1.95 bits per heavy atom. The second-order valence-corrected chi connectivity index (χ2v) is 5.85. The van der Waals surface area contributed by atoms with Crippen molar-refractivity contribution in [3.8, 4) is 11.1 Å². The summed E-state index contributed by atoms with van der Waals surface area (Å²) in [4.78, 5) is 23.5. The summed E-state index contributed by atoms with van der Waals surface area (Å²) in [6, 6.07) is 9.30. The largest absolute Gasteiger partial charge is 0.462 e. The summed E-state index contributed by atoms with van der Waals surface area (Å²) in [5.41, 5.74) is 1.69. The molecule has 1 N–H and O–H groups in total. The molecule has 4 nitrogen and oxygen atoms in total. The molecule has 0 aliphatic rings. The van der Waals surface area contributed by atoms with Gasteiger partial charge in [0.15, 0.2) is 0 Å². The average Bonchev–Trinajstić information content (AvgIpc) is 2.75. The quantitative estimate of drug-likeness (QED) is 0.858. The molecule has 6 heteroatoms. The molecule has 0 aliphatic carbocycles. The highest BCUT2D eigenvalue weighted by Gasteiger charge is 2.25. The first-order valence-electron chi connectivity index (χ1n) is 6.37. The monoisotopic (exact) mass is 323 g/mol. The predicted octanol–water partition coefficient (Wildman–Crippen LogP) is 4.20. The Labute approximate surface area is 131 Å². The second kappa shape index (κ2) is 6.74. The maximum absolute atomic E-state index is 12.2. The van der Waals surface area contributed by atoms with Gasteiger partial charge < -0.3 is 10.1 Å². The molecule has 0 aliphatic heterocycles. The van der Waals surface area contributed by atoms with Crippen molar-refractivity contribution in [3.05, 3.63) is 40.2 Å². The molecule has 110 valence electrons. The molecule has 1 heterocycles. The van der Waals surface area contributed by atoms with Crippen molar-refractivity contribution in [1.29, 1.82) is 0 Å². The molecule has 0 saturated heterocycles. The van der Waals surface area contributed by atoms with Crippen molar-refractivity contribution in [3.63, 3.8) is 0 Å². The predicted molar refractivity (Wildman–Crippen MR) is 85.0 cm³/mol. The van der Waals surface area contributed by atoms with Crippen LogP contribution in [0.15, 0.2) is 30.3 Å². The molecule has 1 amide bonds. The Kier molecular flexibility index (Phi) is 4.98. The lowest BCUT2D eigenvalue weighted by atomic mass is 10.0. The van der Waals surface area contributed by atoms with Crippen LogP contribution in [0.25, 0.3) is 11.1 Å². The summed E-state index contributed by atoms with van der Waals surface area (Å²) in [7, 11) is 0. The minimum absolute atomic E-state index is 0.250. The van der Waals surface area contributed by atoms with Crippen molar-refractivity contribution in [2.75, 3.05) is 11.9 Å². The molecule has 2 rings (SSSR count). The van der Waals surface area contributed by atoms with E-state index in [1.165, 1.54) is 6.92 Å². The van der Waals surface area contributed by atoms with Gasteiger partial charge in [0.25, 0.3) is 0 Å². The van der Waals surface area contributed by atoms with Crippen molar-refractivity contribution in [2.24, 2.45) is 0 Å². The number of anilines is 1. The van der Waals surface area contributed by atoms with Gasteiger partial charge in [0.2, 0.25) is 5.91 Å². The molecule has 0 fully saturated rings. The van der Waals surface area contributed by atoms with Crippen molar-refractivity contribution >= 4 is 39.8 Å². The highest BCUT2D eigenvalue weighted by atomic mass is 35.5. The van der Waals surface area contributed by atoms with E-state index in [4.69, 9.17) is 16.3 Å². The summed E-state index contributed by atoms with van der Waals surface area (Å²) in [5, 5.41) is 3.05. The maximum Gasteiger partial charge on any atom is 0.341 e. The number of hydrogen-bond donors (Lipinski definition) is 1. The molecular formula is C15H14ClNO3S. The fourth-order valence-electron chi connectivity index (χ4n) is 1.91. The first-order chi connectivity index (χ1) is 10.0. The maximum atomic E-state index is 12.2. The number of halogens is 1. The third-order valence-corrected chi connectivity index (χ3v) is 4.01. The fourth-order valence-corrected chi connectivity index (χ4v) is 3.33. The van der Waals surface area contributed by atoms with Gasteiger partial charge >= 0.3 is 5.97 Å². The molecular weight excluding hydrogens is 310 g/mol. The first kappa shape index (κ1) is 15.5. The topological polar surface area (TPSA) is 55.4 Å². The van der Waals surface area contributed by atoms with E-state index in [2.05, 4.69) is 5.32 Å². The van der Waals surface area contributed by atoms with Crippen LogP contribution in [-0.4, -0.2) is 18.5 Å². The van der Waals surface area contributed by atoms with E-state index in [1.54, 1.807) is 6.92 Å². The summed E-state index contributed by atoms with van der Waals surface area (Å²) >= 11 is 7.42. The third kappa shape index (κ3) is 3.43. The SMILES string of the molecule is CCOC(=O)c1c(NC(C)=O)sc(Cl)c1-c1ccccc1. The Bertz CT molecular complexity index is 667. The molecule has 0 saturated carbocycles. The van der Waals surface area contributed by atoms with Crippen molar-refractivity contribution in [2.45, 2.75) is 13.8 Å². The van der Waals surface area contributed by atoms with Crippen molar-refractivity contribution in [1.82, 2.24) is 0 Å². The molecule has 1 aromatic heterocycles. The zero-order chi connectivity index (χ0) is 15.4. The van der Waals surface area contributed by atoms with Gasteiger partial charge in [-0.3, -0.25) is 4.79 Å². The van der Waals surface area contributed by atoms with E-state index in [9.17, 15) is 9.59 Å². The van der Waals surface area contributed by atoms with Crippen LogP contribution >= 0.6 is 22.9 Å². The van der Waals surface area contributed by atoms with Crippen LogP contribution in [0.1, 0.15) is 24.2 Å². The molecule has 0 atom stereocenters. The smallest absolute Gasteiger partial charge is 0.341 e. The highest BCUT2D eigenvalue weighted by Crippen LogP contribution is 2.43. The van der Waals surface area contributed by atoms with Crippen LogP contribution in [0.3, 0.4) is 0 Å². The first-order valence-corrected chi connectivity index (χ1v) is 7.56. The van der Waals surface area contributed by atoms with Crippen LogP contribution in [0.4, 0.5) is 5.00 Å². The number of rotatable bonds is 4. The number of carbonyl (C=O) groups is 2. The van der Waals surface area contributed by atoms with Gasteiger partial charge in [-0.15, -0.1) is 11.3 Å². The van der Waals surface area contributed by atoms with Crippen LogP contribution < -0.4 is 5.32 Å². The summed E-state index contributed by atoms with van der Waals surface area (Å²) < 4.78 is 5.52. The van der Waals surface area contributed by atoms with Gasteiger partial charge in [0.05, 0.1) is 6.61 Å².